The minimum Gasteiger partial charge on any atom is -0.494 e. The molecule has 0 heterocycles. The molecule has 1 aromatic rings. The Morgan fingerprint density at radius 3 is 2.62 bits per heavy atom. The minimum atomic E-state index is 0.630. The Bertz CT molecular complexity index is 292. The van der Waals surface area contributed by atoms with Gasteiger partial charge in [0.05, 0.1) is 6.61 Å². The molecule has 0 fully saturated rings. The highest BCUT2D eigenvalue weighted by molar-refractivity contribution is 5.76. The fourth-order valence-electron chi connectivity index (χ4n) is 1.21. The highest BCUT2D eigenvalue weighted by Gasteiger charge is 1.99. The third-order valence-corrected chi connectivity index (χ3v) is 1.84. The largest absolute Gasteiger partial charge is 0.494 e. The molecule has 1 aromatic carbocycles. The van der Waals surface area contributed by atoms with Gasteiger partial charge in [0.15, 0.2) is 0 Å². The van der Waals surface area contributed by atoms with Crippen LogP contribution >= 0.6 is 0 Å². The Hall–Kier alpha value is -1.31. The molecule has 0 N–H and O–H groups in total. The van der Waals surface area contributed by atoms with Gasteiger partial charge in [-0.3, -0.25) is 4.79 Å². The molecule has 0 aliphatic carbocycles. The molecule has 2 heteroatoms. The van der Waals surface area contributed by atoms with Gasteiger partial charge in [0.2, 0.25) is 0 Å². The van der Waals surface area contributed by atoms with Crippen molar-refractivity contribution >= 4 is 6.29 Å². The van der Waals surface area contributed by atoms with Crippen LogP contribution in [0.25, 0.3) is 0 Å². The Labute approximate surface area is 78.5 Å². The highest BCUT2D eigenvalue weighted by atomic mass is 16.5. The van der Waals surface area contributed by atoms with Crippen LogP contribution in [0, 0.1) is 0 Å². The summed E-state index contributed by atoms with van der Waals surface area (Å²) in [6.45, 7) is 4.62. The lowest BCUT2D eigenvalue weighted by Gasteiger charge is -2.05. The van der Waals surface area contributed by atoms with Gasteiger partial charge in [-0.1, -0.05) is 6.92 Å². The van der Waals surface area contributed by atoms with E-state index in [2.05, 4.69) is 6.92 Å². The van der Waals surface area contributed by atoms with E-state index in [0.29, 0.717) is 12.2 Å². The summed E-state index contributed by atoms with van der Waals surface area (Å²) in [7, 11) is 0. The third-order valence-electron chi connectivity index (χ3n) is 1.84. The monoisotopic (exact) mass is 178 g/mol. The molecule has 2 nitrogen and oxygen atoms in total. The van der Waals surface area contributed by atoms with Gasteiger partial charge in [0.1, 0.15) is 12.0 Å². The number of hydrogen-bond acceptors (Lipinski definition) is 2. The van der Waals surface area contributed by atoms with Crippen molar-refractivity contribution in [3.8, 4) is 5.75 Å². The van der Waals surface area contributed by atoms with E-state index in [4.69, 9.17) is 4.74 Å². The van der Waals surface area contributed by atoms with Gasteiger partial charge in [-0.05, 0) is 37.1 Å². The molecule has 0 bridgehead atoms. The van der Waals surface area contributed by atoms with Crippen LogP contribution in [0.5, 0.6) is 5.75 Å². The maximum absolute atomic E-state index is 10.6. The molecule has 0 saturated carbocycles. The van der Waals surface area contributed by atoms with Crippen LogP contribution in [0.3, 0.4) is 0 Å². The van der Waals surface area contributed by atoms with Gasteiger partial charge in [-0.25, -0.2) is 0 Å². The number of aryl methyl sites for hydroxylation is 1. The Kier molecular flexibility index (Phi) is 3.50. The fraction of sp³-hybridized carbons (Fsp3) is 0.364. The number of hydrogen-bond donors (Lipinski definition) is 0. The molecule has 0 spiro atoms. The van der Waals surface area contributed by atoms with Crippen molar-refractivity contribution in [1.82, 2.24) is 0 Å². The first kappa shape index (κ1) is 9.78. The second kappa shape index (κ2) is 4.65. The van der Waals surface area contributed by atoms with Crippen molar-refractivity contribution in [2.45, 2.75) is 20.3 Å². The second-order valence-electron chi connectivity index (χ2n) is 2.81. The van der Waals surface area contributed by atoms with Crippen molar-refractivity contribution in [1.29, 1.82) is 0 Å². The van der Waals surface area contributed by atoms with Crippen LogP contribution in [-0.4, -0.2) is 12.9 Å². The SMILES string of the molecule is CCOc1cc(C=O)cc(CC)c1. The van der Waals surface area contributed by atoms with E-state index in [9.17, 15) is 4.79 Å². The summed E-state index contributed by atoms with van der Waals surface area (Å²) in [4.78, 5) is 10.6. The summed E-state index contributed by atoms with van der Waals surface area (Å²) in [6, 6.07) is 5.61. The number of carbonyl (C=O) groups is 1. The molecular weight excluding hydrogens is 164 g/mol. The first-order chi connectivity index (χ1) is 6.30. The lowest BCUT2D eigenvalue weighted by molar-refractivity contribution is 0.112. The number of benzene rings is 1. The van der Waals surface area contributed by atoms with Gasteiger partial charge in [-0.15, -0.1) is 0 Å². The smallest absolute Gasteiger partial charge is 0.150 e. The van der Waals surface area contributed by atoms with E-state index in [-0.39, 0.29) is 0 Å². The molecule has 0 aliphatic rings. The highest BCUT2D eigenvalue weighted by Crippen LogP contribution is 2.16. The van der Waals surface area contributed by atoms with Crippen molar-refractivity contribution in [3.63, 3.8) is 0 Å². The molecule has 0 amide bonds. The van der Waals surface area contributed by atoms with Gasteiger partial charge in [0.25, 0.3) is 0 Å². The van der Waals surface area contributed by atoms with Gasteiger partial charge < -0.3 is 4.74 Å². The van der Waals surface area contributed by atoms with Crippen LogP contribution in [0.2, 0.25) is 0 Å². The summed E-state index contributed by atoms with van der Waals surface area (Å²) in [6.07, 6.45) is 1.77. The molecule has 0 aromatic heterocycles. The summed E-state index contributed by atoms with van der Waals surface area (Å²) in [5, 5.41) is 0. The normalized spacial score (nSPS) is 9.69. The lowest BCUT2D eigenvalue weighted by Crippen LogP contribution is -1.94. The molecular formula is C11H14O2. The predicted octanol–water partition coefficient (Wildman–Crippen LogP) is 2.46. The minimum absolute atomic E-state index is 0.630. The first-order valence-corrected chi connectivity index (χ1v) is 4.52. The first-order valence-electron chi connectivity index (χ1n) is 4.52. The van der Waals surface area contributed by atoms with E-state index in [1.165, 1.54) is 0 Å². The third kappa shape index (κ3) is 2.58. The number of carbonyl (C=O) groups excluding carboxylic acids is 1. The van der Waals surface area contributed by atoms with E-state index in [1.54, 1.807) is 6.07 Å². The number of aldehydes is 1. The number of rotatable bonds is 4. The van der Waals surface area contributed by atoms with E-state index < -0.39 is 0 Å². The van der Waals surface area contributed by atoms with Crippen molar-refractivity contribution in [3.05, 3.63) is 29.3 Å². The van der Waals surface area contributed by atoms with Crippen LogP contribution in [-0.2, 0) is 6.42 Å². The van der Waals surface area contributed by atoms with Crippen LogP contribution in [0.4, 0.5) is 0 Å². The Morgan fingerprint density at radius 1 is 1.31 bits per heavy atom. The van der Waals surface area contributed by atoms with Crippen LogP contribution < -0.4 is 4.74 Å². The Morgan fingerprint density at radius 2 is 2.08 bits per heavy atom. The standard InChI is InChI=1S/C11H14O2/c1-3-9-5-10(8-12)7-11(6-9)13-4-2/h5-8H,3-4H2,1-2H3. The zero-order valence-electron chi connectivity index (χ0n) is 8.04. The summed E-state index contributed by atoms with van der Waals surface area (Å²) < 4.78 is 5.33. The molecule has 0 atom stereocenters. The fourth-order valence-corrected chi connectivity index (χ4v) is 1.21. The predicted molar refractivity (Wildman–Crippen MR) is 52.4 cm³/mol. The zero-order chi connectivity index (χ0) is 9.68. The van der Waals surface area contributed by atoms with E-state index >= 15 is 0 Å². The average Bonchev–Trinajstić information content (AvgIpc) is 2.17. The molecule has 0 aliphatic heterocycles. The lowest BCUT2D eigenvalue weighted by atomic mass is 10.1. The van der Waals surface area contributed by atoms with Crippen LogP contribution in [0.1, 0.15) is 29.8 Å². The molecule has 0 radical (unpaired) electrons. The quantitative estimate of drug-likeness (QED) is 0.662. The summed E-state index contributed by atoms with van der Waals surface area (Å²) in [5.74, 6) is 0.781. The van der Waals surface area contributed by atoms with Crippen molar-refractivity contribution < 1.29 is 9.53 Å². The van der Waals surface area contributed by atoms with Crippen LogP contribution in [0.15, 0.2) is 18.2 Å². The molecule has 0 unspecified atom stereocenters. The van der Waals surface area contributed by atoms with Gasteiger partial charge in [0, 0.05) is 5.56 Å². The summed E-state index contributed by atoms with van der Waals surface area (Å²) in [5.41, 5.74) is 1.82. The van der Waals surface area contributed by atoms with Crippen molar-refractivity contribution in [2.24, 2.45) is 0 Å². The molecule has 70 valence electrons. The maximum atomic E-state index is 10.6. The maximum Gasteiger partial charge on any atom is 0.150 e. The Balaban J connectivity index is 2.99. The topological polar surface area (TPSA) is 26.3 Å². The van der Waals surface area contributed by atoms with E-state index in [1.807, 2.05) is 19.1 Å². The van der Waals surface area contributed by atoms with E-state index in [0.717, 1.165) is 24.0 Å². The van der Waals surface area contributed by atoms with Crippen molar-refractivity contribution in [2.75, 3.05) is 6.61 Å². The molecule has 13 heavy (non-hydrogen) atoms. The summed E-state index contributed by atoms with van der Waals surface area (Å²) >= 11 is 0. The second-order valence-corrected chi connectivity index (χ2v) is 2.81. The van der Waals surface area contributed by atoms with Gasteiger partial charge in [-0.2, -0.15) is 0 Å². The number of ether oxygens (including phenoxy) is 1. The molecule has 1 rings (SSSR count). The van der Waals surface area contributed by atoms with Gasteiger partial charge >= 0.3 is 0 Å². The average molecular weight is 178 g/mol. The zero-order valence-corrected chi connectivity index (χ0v) is 8.04. The molecule has 0 saturated heterocycles.